The summed E-state index contributed by atoms with van der Waals surface area (Å²) in [6.07, 6.45) is 1.58. The van der Waals surface area contributed by atoms with Crippen molar-refractivity contribution in [1.29, 1.82) is 0 Å². The molecule has 0 radical (unpaired) electrons. The van der Waals surface area contributed by atoms with Crippen LogP contribution in [0.2, 0.25) is 5.02 Å². The van der Waals surface area contributed by atoms with Crippen molar-refractivity contribution < 1.29 is 13.9 Å². The van der Waals surface area contributed by atoms with Crippen molar-refractivity contribution in [2.45, 2.75) is 26.0 Å². The van der Waals surface area contributed by atoms with Gasteiger partial charge in [-0.15, -0.1) is 0 Å². The zero-order chi connectivity index (χ0) is 14.4. The maximum Gasteiger partial charge on any atom is 0.261 e. The summed E-state index contributed by atoms with van der Waals surface area (Å²) in [4.78, 5) is 12.0. The predicted octanol–water partition coefficient (Wildman–Crippen LogP) is 3.41. The normalized spacial score (nSPS) is 11.9. The fourth-order valence-corrected chi connectivity index (χ4v) is 1.91. The highest BCUT2D eigenvalue weighted by molar-refractivity contribution is 6.30. The highest BCUT2D eigenvalue weighted by Gasteiger charge is 2.18. The molecule has 20 heavy (non-hydrogen) atoms. The van der Waals surface area contributed by atoms with Crippen LogP contribution in [-0.2, 0) is 11.3 Å². The molecule has 5 heteroatoms. The van der Waals surface area contributed by atoms with Gasteiger partial charge < -0.3 is 14.5 Å². The van der Waals surface area contributed by atoms with Crippen LogP contribution in [0.5, 0.6) is 5.75 Å². The minimum Gasteiger partial charge on any atom is -0.481 e. The summed E-state index contributed by atoms with van der Waals surface area (Å²) in [5, 5.41) is 3.36. The zero-order valence-electron chi connectivity index (χ0n) is 11.1. The van der Waals surface area contributed by atoms with Crippen LogP contribution in [0.3, 0.4) is 0 Å². The first kappa shape index (κ1) is 14.5. The van der Waals surface area contributed by atoms with Crippen molar-refractivity contribution in [2.75, 3.05) is 0 Å². The van der Waals surface area contributed by atoms with Crippen LogP contribution >= 0.6 is 11.6 Å². The van der Waals surface area contributed by atoms with Crippen molar-refractivity contribution >= 4 is 17.5 Å². The molecular formula is C15H16ClNO3. The number of amides is 1. The third-order valence-electron chi connectivity index (χ3n) is 2.75. The summed E-state index contributed by atoms with van der Waals surface area (Å²) in [6.45, 7) is 2.24. The summed E-state index contributed by atoms with van der Waals surface area (Å²) in [7, 11) is 0. The van der Waals surface area contributed by atoms with E-state index >= 15 is 0 Å². The molecule has 0 saturated heterocycles. The molecule has 0 bridgehead atoms. The van der Waals surface area contributed by atoms with Gasteiger partial charge in [0.1, 0.15) is 11.5 Å². The first-order chi connectivity index (χ1) is 9.69. The van der Waals surface area contributed by atoms with E-state index in [0.717, 1.165) is 0 Å². The van der Waals surface area contributed by atoms with E-state index in [1.807, 2.05) is 6.92 Å². The van der Waals surface area contributed by atoms with Crippen LogP contribution in [0, 0.1) is 0 Å². The lowest BCUT2D eigenvalue weighted by molar-refractivity contribution is -0.128. The Kier molecular flexibility index (Phi) is 5.07. The van der Waals surface area contributed by atoms with Crippen molar-refractivity contribution in [3.63, 3.8) is 0 Å². The van der Waals surface area contributed by atoms with Gasteiger partial charge in [0.25, 0.3) is 5.91 Å². The van der Waals surface area contributed by atoms with Crippen LogP contribution in [0.15, 0.2) is 47.1 Å². The number of rotatable bonds is 6. The SMILES string of the molecule is CCC(Oc1cccc(Cl)c1)C(=O)NCc1ccco1. The number of carbonyl (C=O) groups excluding carboxylic acids is 1. The maximum absolute atomic E-state index is 12.0. The molecule has 0 aliphatic carbocycles. The second-order valence-corrected chi connectivity index (χ2v) is 4.71. The highest BCUT2D eigenvalue weighted by atomic mass is 35.5. The third kappa shape index (κ3) is 4.03. The topological polar surface area (TPSA) is 51.5 Å². The fourth-order valence-electron chi connectivity index (χ4n) is 1.73. The monoisotopic (exact) mass is 293 g/mol. The van der Waals surface area contributed by atoms with E-state index in [1.54, 1.807) is 42.7 Å². The Morgan fingerprint density at radius 2 is 2.25 bits per heavy atom. The average Bonchev–Trinajstić information content (AvgIpc) is 2.95. The third-order valence-corrected chi connectivity index (χ3v) is 2.99. The summed E-state index contributed by atoms with van der Waals surface area (Å²) < 4.78 is 10.8. The van der Waals surface area contributed by atoms with E-state index < -0.39 is 6.10 Å². The molecule has 4 nitrogen and oxygen atoms in total. The molecule has 0 aliphatic rings. The lowest BCUT2D eigenvalue weighted by Gasteiger charge is -2.17. The molecule has 1 aromatic heterocycles. The standard InChI is InChI=1S/C15H16ClNO3/c1-2-14(20-12-6-3-5-11(16)9-12)15(18)17-10-13-7-4-8-19-13/h3-9,14H,2,10H2,1H3,(H,17,18). The summed E-state index contributed by atoms with van der Waals surface area (Å²) in [6, 6.07) is 10.6. The Labute approximate surface area is 122 Å². The molecule has 2 rings (SSSR count). The number of ether oxygens (including phenoxy) is 1. The van der Waals surface area contributed by atoms with Crippen LogP contribution in [-0.4, -0.2) is 12.0 Å². The molecule has 1 atom stereocenters. The predicted molar refractivity (Wildman–Crippen MR) is 76.7 cm³/mol. The zero-order valence-corrected chi connectivity index (χ0v) is 11.9. The quantitative estimate of drug-likeness (QED) is 0.888. The van der Waals surface area contributed by atoms with Gasteiger partial charge in [-0.1, -0.05) is 24.6 Å². The van der Waals surface area contributed by atoms with E-state index in [4.69, 9.17) is 20.8 Å². The van der Waals surface area contributed by atoms with Gasteiger partial charge in [0.05, 0.1) is 12.8 Å². The van der Waals surface area contributed by atoms with Crippen LogP contribution in [0.4, 0.5) is 0 Å². The Morgan fingerprint density at radius 3 is 2.90 bits per heavy atom. The van der Waals surface area contributed by atoms with E-state index in [2.05, 4.69) is 5.32 Å². The number of hydrogen-bond acceptors (Lipinski definition) is 3. The molecule has 0 fully saturated rings. The molecular weight excluding hydrogens is 278 g/mol. The summed E-state index contributed by atoms with van der Waals surface area (Å²) in [5.74, 6) is 1.11. The van der Waals surface area contributed by atoms with Crippen molar-refractivity contribution in [3.8, 4) is 5.75 Å². The lowest BCUT2D eigenvalue weighted by atomic mass is 10.2. The summed E-state index contributed by atoms with van der Waals surface area (Å²) >= 11 is 5.89. The Hall–Kier alpha value is -1.94. The highest BCUT2D eigenvalue weighted by Crippen LogP contribution is 2.19. The first-order valence-corrected chi connectivity index (χ1v) is 6.79. The van der Waals surface area contributed by atoms with E-state index in [0.29, 0.717) is 29.5 Å². The number of furan rings is 1. The summed E-state index contributed by atoms with van der Waals surface area (Å²) in [5.41, 5.74) is 0. The second kappa shape index (κ2) is 7.01. The lowest BCUT2D eigenvalue weighted by Crippen LogP contribution is -2.37. The van der Waals surface area contributed by atoms with Crippen molar-refractivity contribution in [1.82, 2.24) is 5.32 Å². The molecule has 1 heterocycles. The number of halogens is 1. The molecule has 0 spiro atoms. The van der Waals surface area contributed by atoms with E-state index in [-0.39, 0.29) is 5.91 Å². The Morgan fingerprint density at radius 1 is 1.40 bits per heavy atom. The first-order valence-electron chi connectivity index (χ1n) is 6.41. The number of hydrogen-bond donors (Lipinski definition) is 1. The van der Waals surface area contributed by atoms with Gasteiger partial charge in [0, 0.05) is 5.02 Å². The largest absolute Gasteiger partial charge is 0.481 e. The molecule has 0 saturated carbocycles. The molecule has 1 aromatic carbocycles. The molecule has 2 aromatic rings. The number of nitrogens with one attached hydrogen (secondary N) is 1. The minimum absolute atomic E-state index is 0.177. The van der Waals surface area contributed by atoms with E-state index in [9.17, 15) is 4.79 Å². The number of benzene rings is 1. The van der Waals surface area contributed by atoms with Gasteiger partial charge >= 0.3 is 0 Å². The molecule has 1 unspecified atom stereocenters. The van der Waals surface area contributed by atoms with Gasteiger partial charge in [-0.2, -0.15) is 0 Å². The van der Waals surface area contributed by atoms with Crippen LogP contribution in [0.25, 0.3) is 0 Å². The Balaban J connectivity index is 1.92. The van der Waals surface area contributed by atoms with Gasteiger partial charge in [0.15, 0.2) is 6.10 Å². The molecule has 106 valence electrons. The number of carbonyl (C=O) groups is 1. The maximum atomic E-state index is 12.0. The van der Waals surface area contributed by atoms with Crippen molar-refractivity contribution in [2.24, 2.45) is 0 Å². The van der Waals surface area contributed by atoms with Gasteiger partial charge in [-0.3, -0.25) is 4.79 Å². The van der Waals surface area contributed by atoms with Crippen molar-refractivity contribution in [3.05, 3.63) is 53.4 Å². The average molecular weight is 294 g/mol. The van der Waals surface area contributed by atoms with E-state index in [1.165, 1.54) is 0 Å². The Bertz CT molecular complexity index is 554. The van der Waals surface area contributed by atoms with Crippen LogP contribution in [0.1, 0.15) is 19.1 Å². The van der Waals surface area contributed by atoms with Gasteiger partial charge in [-0.05, 0) is 36.8 Å². The fraction of sp³-hybridized carbons (Fsp3) is 0.267. The minimum atomic E-state index is -0.552. The molecule has 1 amide bonds. The molecule has 0 aliphatic heterocycles. The molecule has 1 N–H and O–H groups in total. The van der Waals surface area contributed by atoms with Gasteiger partial charge in [-0.25, -0.2) is 0 Å². The second-order valence-electron chi connectivity index (χ2n) is 4.27. The van der Waals surface area contributed by atoms with Gasteiger partial charge in [0.2, 0.25) is 0 Å². The smallest absolute Gasteiger partial charge is 0.261 e. The van der Waals surface area contributed by atoms with Crippen LogP contribution < -0.4 is 10.1 Å².